The lowest BCUT2D eigenvalue weighted by atomic mass is 10.2. The number of nitrogens with zero attached hydrogens (tertiary/aromatic N) is 4. The van der Waals surface area contributed by atoms with Crippen molar-refractivity contribution in [3.05, 3.63) is 51.3 Å². The van der Waals surface area contributed by atoms with Crippen LogP contribution in [-0.4, -0.2) is 65.1 Å². The molecule has 1 aromatic carbocycles. The number of carbonyl (C=O) groups excluding carboxylic acids is 1. The number of hydrogen-bond acceptors (Lipinski definition) is 9. The highest BCUT2D eigenvalue weighted by atomic mass is 35.5. The number of hydrazine groups is 1. The minimum atomic E-state index is -0.599. The van der Waals surface area contributed by atoms with E-state index in [0.717, 1.165) is 39.3 Å². The molecule has 0 saturated carbocycles. The summed E-state index contributed by atoms with van der Waals surface area (Å²) in [5.41, 5.74) is 4.83. The van der Waals surface area contributed by atoms with E-state index in [1.165, 1.54) is 12.4 Å². The van der Waals surface area contributed by atoms with Gasteiger partial charge in [0.1, 0.15) is 6.33 Å². The molecule has 1 aliphatic heterocycles. The number of anilines is 2. The first kappa shape index (κ1) is 21.7. The predicted molar refractivity (Wildman–Crippen MR) is 112 cm³/mol. The fourth-order valence-electron chi connectivity index (χ4n) is 2.92. The van der Waals surface area contributed by atoms with Crippen molar-refractivity contribution in [1.29, 1.82) is 0 Å². The molecule has 1 aliphatic rings. The number of nitro groups is 1. The molecule has 3 N–H and O–H groups in total. The average Bonchev–Trinajstić information content (AvgIpc) is 2.75. The van der Waals surface area contributed by atoms with Crippen LogP contribution in [0, 0.1) is 10.1 Å². The lowest BCUT2D eigenvalue weighted by molar-refractivity contribution is -0.383. The van der Waals surface area contributed by atoms with Gasteiger partial charge in [-0.25, -0.2) is 9.97 Å². The first-order chi connectivity index (χ1) is 14.5. The number of halogens is 1. The molecule has 160 valence electrons. The van der Waals surface area contributed by atoms with Crippen LogP contribution in [0.4, 0.5) is 17.3 Å². The summed E-state index contributed by atoms with van der Waals surface area (Å²) in [5, 5.41) is 15.0. The van der Waals surface area contributed by atoms with Crippen LogP contribution in [0.25, 0.3) is 0 Å². The number of amides is 1. The van der Waals surface area contributed by atoms with Gasteiger partial charge >= 0.3 is 5.69 Å². The lowest BCUT2D eigenvalue weighted by Gasteiger charge is -2.26. The summed E-state index contributed by atoms with van der Waals surface area (Å²) >= 11 is 5.88. The Bertz CT molecular complexity index is 893. The molecule has 0 aliphatic carbocycles. The first-order valence-corrected chi connectivity index (χ1v) is 9.77. The van der Waals surface area contributed by atoms with Gasteiger partial charge in [0.05, 0.1) is 18.1 Å². The highest BCUT2D eigenvalue weighted by Crippen LogP contribution is 2.28. The van der Waals surface area contributed by atoms with E-state index < -0.39 is 10.8 Å². The van der Waals surface area contributed by atoms with Crippen molar-refractivity contribution in [3.63, 3.8) is 0 Å². The SMILES string of the molecule is O=C(NNc1ncnc(NCCCN2CCOCC2)c1[N+](=O)[O-])c1cccc(Cl)c1. The maximum Gasteiger partial charge on any atom is 0.354 e. The Kier molecular flexibility index (Phi) is 7.71. The fourth-order valence-corrected chi connectivity index (χ4v) is 3.11. The van der Waals surface area contributed by atoms with Crippen LogP contribution in [0.1, 0.15) is 16.8 Å². The van der Waals surface area contributed by atoms with E-state index in [2.05, 4.69) is 31.0 Å². The van der Waals surface area contributed by atoms with Crippen LogP contribution in [-0.2, 0) is 4.74 Å². The van der Waals surface area contributed by atoms with Crippen LogP contribution in [0.15, 0.2) is 30.6 Å². The summed E-state index contributed by atoms with van der Waals surface area (Å²) in [7, 11) is 0. The zero-order valence-electron chi connectivity index (χ0n) is 16.1. The van der Waals surface area contributed by atoms with Gasteiger partial charge in [0.2, 0.25) is 11.6 Å². The van der Waals surface area contributed by atoms with Crippen molar-refractivity contribution in [1.82, 2.24) is 20.3 Å². The second kappa shape index (κ2) is 10.7. The van der Waals surface area contributed by atoms with Gasteiger partial charge in [-0.15, -0.1) is 0 Å². The van der Waals surface area contributed by atoms with Gasteiger partial charge in [-0.05, 0) is 31.2 Å². The number of hydrogen-bond donors (Lipinski definition) is 3. The van der Waals surface area contributed by atoms with Gasteiger partial charge in [0.25, 0.3) is 5.91 Å². The Morgan fingerprint density at radius 1 is 1.27 bits per heavy atom. The Morgan fingerprint density at radius 2 is 2.03 bits per heavy atom. The molecule has 0 spiro atoms. The number of morpholine rings is 1. The summed E-state index contributed by atoms with van der Waals surface area (Å²) in [6, 6.07) is 6.31. The van der Waals surface area contributed by atoms with Crippen LogP contribution in [0.3, 0.4) is 0 Å². The highest BCUT2D eigenvalue weighted by Gasteiger charge is 2.23. The standard InChI is InChI=1S/C18H22ClN7O4/c19-14-4-1-3-13(11-14)18(27)24-23-17-15(26(28)29)16(21-12-22-17)20-5-2-6-25-7-9-30-10-8-25/h1,3-4,11-12H,2,5-10H2,(H,24,27)(H2,20,21,22,23). The summed E-state index contributed by atoms with van der Waals surface area (Å²) in [4.78, 5) is 33.3. The Labute approximate surface area is 177 Å². The van der Waals surface area contributed by atoms with Crippen molar-refractivity contribution < 1.29 is 14.5 Å². The molecule has 0 radical (unpaired) electrons. The van der Waals surface area contributed by atoms with E-state index in [4.69, 9.17) is 16.3 Å². The second-order valence-electron chi connectivity index (χ2n) is 6.50. The Morgan fingerprint density at radius 3 is 2.77 bits per heavy atom. The van der Waals surface area contributed by atoms with Gasteiger partial charge in [-0.3, -0.25) is 30.7 Å². The van der Waals surface area contributed by atoms with Gasteiger partial charge in [0.15, 0.2) is 0 Å². The molecule has 2 aromatic rings. The minimum absolute atomic E-state index is 0.0801. The zero-order valence-corrected chi connectivity index (χ0v) is 16.9. The third-order valence-corrected chi connectivity index (χ3v) is 4.67. The number of carbonyl (C=O) groups is 1. The third kappa shape index (κ3) is 5.99. The average molecular weight is 436 g/mol. The molecule has 11 nitrogen and oxygen atoms in total. The van der Waals surface area contributed by atoms with E-state index in [-0.39, 0.29) is 17.3 Å². The smallest absolute Gasteiger partial charge is 0.354 e. The van der Waals surface area contributed by atoms with Crippen LogP contribution < -0.4 is 16.2 Å². The second-order valence-corrected chi connectivity index (χ2v) is 6.94. The molecule has 1 aromatic heterocycles. The molecule has 0 atom stereocenters. The monoisotopic (exact) mass is 435 g/mol. The summed E-state index contributed by atoms with van der Waals surface area (Å²) in [5.74, 6) is -0.553. The number of benzene rings is 1. The van der Waals surface area contributed by atoms with Gasteiger partial charge in [-0.1, -0.05) is 17.7 Å². The molecule has 1 saturated heterocycles. The number of aromatic nitrogens is 2. The molecule has 30 heavy (non-hydrogen) atoms. The van der Waals surface area contributed by atoms with Crippen LogP contribution >= 0.6 is 11.6 Å². The molecule has 1 amide bonds. The zero-order chi connectivity index (χ0) is 21.3. The summed E-state index contributed by atoms with van der Waals surface area (Å²) < 4.78 is 5.31. The Hall–Kier alpha value is -3.02. The molecular formula is C18H22ClN7O4. The van der Waals surface area contributed by atoms with Crippen LogP contribution in [0.2, 0.25) is 5.02 Å². The third-order valence-electron chi connectivity index (χ3n) is 4.43. The molecule has 12 heteroatoms. The van der Waals surface area contributed by atoms with Crippen molar-refractivity contribution in [3.8, 4) is 0 Å². The maximum atomic E-state index is 12.2. The number of rotatable bonds is 9. The first-order valence-electron chi connectivity index (χ1n) is 9.40. The summed E-state index contributed by atoms with van der Waals surface area (Å²) in [6.45, 7) is 4.57. The highest BCUT2D eigenvalue weighted by molar-refractivity contribution is 6.30. The topological polar surface area (TPSA) is 135 Å². The van der Waals surface area contributed by atoms with Crippen molar-refractivity contribution in [2.75, 3.05) is 50.1 Å². The molecular weight excluding hydrogens is 414 g/mol. The van der Waals surface area contributed by atoms with Gasteiger partial charge in [-0.2, -0.15) is 0 Å². The largest absolute Gasteiger partial charge is 0.379 e. The van der Waals surface area contributed by atoms with Crippen LogP contribution in [0.5, 0.6) is 0 Å². The van der Waals surface area contributed by atoms with E-state index in [1.54, 1.807) is 18.2 Å². The molecule has 0 bridgehead atoms. The fraction of sp³-hybridized carbons (Fsp3) is 0.389. The lowest BCUT2D eigenvalue weighted by Crippen LogP contribution is -2.37. The summed E-state index contributed by atoms with van der Waals surface area (Å²) in [6.07, 6.45) is 1.97. The normalized spacial score (nSPS) is 14.2. The van der Waals surface area contributed by atoms with Crippen molar-refractivity contribution in [2.24, 2.45) is 0 Å². The van der Waals surface area contributed by atoms with E-state index in [0.29, 0.717) is 17.1 Å². The number of nitrogens with one attached hydrogen (secondary N) is 3. The van der Waals surface area contributed by atoms with Gasteiger partial charge < -0.3 is 10.1 Å². The maximum absolute atomic E-state index is 12.2. The van der Waals surface area contributed by atoms with E-state index >= 15 is 0 Å². The van der Waals surface area contributed by atoms with Crippen molar-refractivity contribution >= 4 is 34.8 Å². The molecule has 2 heterocycles. The quantitative estimate of drug-likeness (QED) is 0.306. The molecule has 1 fully saturated rings. The molecule has 3 rings (SSSR count). The van der Waals surface area contributed by atoms with E-state index in [1.807, 2.05) is 0 Å². The Balaban J connectivity index is 1.59. The predicted octanol–water partition coefficient (Wildman–Crippen LogP) is 1.93. The molecule has 0 unspecified atom stereocenters. The minimum Gasteiger partial charge on any atom is -0.379 e. The van der Waals surface area contributed by atoms with Gasteiger partial charge in [0, 0.05) is 30.2 Å². The number of ether oxygens (including phenoxy) is 1. The van der Waals surface area contributed by atoms with E-state index in [9.17, 15) is 14.9 Å². The van der Waals surface area contributed by atoms with Crippen molar-refractivity contribution in [2.45, 2.75) is 6.42 Å².